The molecule has 102 valence electrons. The number of carbonyl (C=O) groups excluding carboxylic acids is 1. The zero-order chi connectivity index (χ0) is 12.8. The van der Waals surface area contributed by atoms with Crippen LogP contribution in [-0.4, -0.2) is 34.3 Å². The molecule has 0 fully saturated rings. The van der Waals surface area contributed by atoms with E-state index in [-0.39, 0.29) is 18.3 Å². The van der Waals surface area contributed by atoms with Crippen LogP contribution in [-0.2, 0) is 11.3 Å². The zero-order valence-electron chi connectivity index (χ0n) is 10.5. The summed E-state index contributed by atoms with van der Waals surface area (Å²) in [4.78, 5) is 15.7. The fourth-order valence-corrected chi connectivity index (χ4v) is 1.59. The lowest BCUT2D eigenvalue weighted by molar-refractivity contribution is -0.120. The van der Waals surface area contributed by atoms with Crippen molar-refractivity contribution >= 4 is 18.3 Å². The van der Waals surface area contributed by atoms with Crippen molar-refractivity contribution in [2.45, 2.75) is 6.54 Å². The molecule has 1 amide bonds. The van der Waals surface area contributed by atoms with Crippen LogP contribution >= 0.6 is 12.4 Å². The Kier molecular flexibility index (Phi) is 5.98. The smallest absolute Gasteiger partial charge is 0.234 e. The fraction of sp³-hybridized carbons (Fsp3) is 0.250. The van der Waals surface area contributed by atoms with Crippen LogP contribution in [0, 0.1) is 0 Å². The molecule has 2 N–H and O–H groups in total. The van der Waals surface area contributed by atoms with Crippen molar-refractivity contribution in [3.63, 3.8) is 0 Å². The van der Waals surface area contributed by atoms with Gasteiger partial charge in [-0.1, -0.05) is 6.07 Å². The Labute approximate surface area is 117 Å². The molecule has 0 aliphatic rings. The lowest BCUT2D eigenvalue weighted by Gasteiger charge is -2.09. The van der Waals surface area contributed by atoms with Gasteiger partial charge in [0.25, 0.3) is 0 Å². The molecular weight excluding hydrogens is 266 g/mol. The topological polar surface area (TPSA) is 71.8 Å². The van der Waals surface area contributed by atoms with Gasteiger partial charge >= 0.3 is 0 Å². The van der Waals surface area contributed by atoms with Crippen molar-refractivity contribution in [1.82, 2.24) is 25.4 Å². The Balaban J connectivity index is 0.00000180. The van der Waals surface area contributed by atoms with Gasteiger partial charge in [-0.25, -0.2) is 9.67 Å². The lowest BCUT2D eigenvalue weighted by Crippen LogP contribution is -2.32. The standard InChI is InChI=1S/C12H15N5O.ClH/c1-13-9-11(18)15-8-10-4-2-5-14-12(10)17-7-3-6-16-17;/h2-7,13H,8-9H2,1H3,(H,15,18);1H. The predicted octanol–water partition coefficient (Wildman–Crippen LogP) is 0.525. The molecule has 7 heteroatoms. The number of rotatable bonds is 5. The van der Waals surface area contributed by atoms with E-state index >= 15 is 0 Å². The molecule has 19 heavy (non-hydrogen) atoms. The SMILES string of the molecule is CNCC(=O)NCc1cccnc1-n1cccn1.Cl. The van der Waals surface area contributed by atoms with Crippen LogP contribution in [0.3, 0.4) is 0 Å². The number of halogens is 1. The molecule has 0 saturated heterocycles. The Morgan fingerprint density at radius 2 is 2.21 bits per heavy atom. The van der Waals surface area contributed by atoms with E-state index < -0.39 is 0 Å². The summed E-state index contributed by atoms with van der Waals surface area (Å²) in [6, 6.07) is 5.59. The third-order valence-electron chi connectivity index (χ3n) is 2.40. The van der Waals surface area contributed by atoms with Crippen molar-refractivity contribution < 1.29 is 4.79 Å². The summed E-state index contributed by atoms with van der Waals surface area (Å²) in [7, 11) is 1.73. The Hall–Kier alpha value is -1.92. The second kappa shape index (κ2) is 7.50. The molecule has 0 atom stereocenters. The molecule has 0 unspecified atom stereocenters. The first-order valence-electron chi connectivity index (χ1n) is 5.66. The normalized spacial score (nSPS) is 9.74. The van der Waals surface area contributed by atoms with Gasteiger partial charge in [-0.05, 0) is 19.2 Å². The van der Waals surface area contributed by atoms with Gasteiger partial charge < -0.3 is 10.6 Å². The average molecular weight is 282 g/mol. The van der Waals surface area contributed by atoms with Crippen LogP contribution in [0.25, 0.3) is 5.82 Å². The van der Waals surface area contributed by atoms with Crippen molar-refractivity contribution in [2.24, 2.45) is 0 Å². The molecule has 0 spiro atoms. The van der Waals surface area contributed by atoms with Gasteiger partial charge in [-0.15, -0.1) is 12.4 Å². The van der Waals surface area contributed by atoms with E-state index in [1.54, 1.807) is 24.1 Å². The van der Waals surface area contributed by atoms with E-state index in [0.29, 0.717) is 13.1 Å². The second-order valence-electron chi connectivity index (χ2n) is 3.74. The van der Waals surface area contributed by atoms with Crippen LogP contribution < -0.4 is 10.6 Å². The molecule has 2 aromatic rings. The number of amides is 1. The monoisotopic (exact) mass is 281 g/mol. The van der Waals surface area contributed by atoms with E-state index in [2.05, 4.69) is 20.7 Å². The van der Waals surface area contributed by atoms with Gasteiger partial charge in [-0.3, -0.25) is 4.79 Å². The first-order chi connectivity index (χ1) is 8.81. The van der Waals surface area contributed by atoms with E-state index in [0.717, 1.165) is 11.4 Å². The first-order valence-corrected chi connectivity index (χ1v) is 5.66. The van der Waals surface area contributed by atoms with Crippen LogP contribution in [0.15, 0.2) is 36.8 Å². The van der Waals surface area contributed by atoms with Crippen molar-refractivity contribution in [1.29, 1.82) is 0 Å². The highest BCUT2D eigenvalue weighted by molar-refractivity contribution is 5.85. The van der Waals surface area contributed by atoms with E-state index in [9.17, 15) is 4.79 Å². The average Bonchev–Trinajstić information content (AvgIpc) is 2.91. The number of aromatic nitrogens is 3. The molecule has 0 aliphatic carbocycles. The number of nitrogens with one attached hydrogen (secondary N) is 2. The van der Waals surface area contributed by atoms with Crippen LogP contribution in [0.1, 0.15) is 5.56 Å². The molecule has 0 aromatic carbocycles. The number of pyridine rings is 1. The fourth-order valence-electron chi connectivity index (χ4n) is 1.59. The summed E-state index contributed by atoms with van der Waals surface area (Å²) in [6.07, 6.45) is 5.22. The molecule has 2 aromatic heterocycles. The molecular formula is C12H16ClN5O. The van der Waals surface area contributed by atoms with Crippen molar-refractivity contribution in [3.05, 3.63) is 42.4 Å². The van der Waals surface area contributed by atoms with E-state index in [1.807, 2.05) is 24.4 Å². The molecule has 2 heterocycles. The number of hydrogen-bond donors (Lipinski definition) is 2. The molecule has 6 nitrogen and oxygen atoms in total. The highest BCUT2D eigenvalue weighted by Crippen LogP contribution is 2.09. The summed E-state index contributed by atoms with van der Waals surface area (Å²) < 4.78 is 1.68. The van der Waals surface area contributed by atoms with Crippen LogP contribution in [0.2, 0.25) is 0 Å². The third kappa shape index (κ3) is 4.04. The van der Waals surface area contributed by atoms with Gasteiger partial charge in [0, 0.05) is 30.7 Å². The highest BCUT2D eigenvalue weighted by Gasteiger charge is 2.07. The second-order valence-corrected chi connectivity index (χ2v) is 3.74. The van der Waals surface area contributed by atoms with Gasteiger partial charge in [-0.2, -0.15) is 5.10 Å². The Morgan fingerprint density at radius 1 is 1.37 bits per heavy atom. The zero-order valence-corrected chi connectivity index (χ0v) is 11.4. The minimum Gasteiger partial charge on any atom is -0.351 e. The Bertz CT molecular complexity index is 515. The molecule has 0 saturated carbocycles. The van der Waals surface area contributed by atoms with E-state index in [1.165, 1.54) is 0 Å². The summed E-state index contributed by atoms with van der Waals surface area (Å²) in [5, 5.41) is 9.76. The maximum absolute atomic E-state index is 11.4. The minimum atomic E-state index is -0.0484. The predicted molar refractivity (Wildman–Crippen MR) is 74.4 cm³/mol. The largest absolute Gasteiger partial charge is 0.351 e. The minimum absolute atomic E-state index is 0. The van der Waals surface area contributed by atoms with Gasteiger partial charge in [0.1, 0.15) is 0 Å². The third-order valence-corrected chi connectivity index (χ3v) is 2.40. The van der Waals surface area contributed by atoms with E-state index in [4.69, 9.17) is 0 Å². The van der Waals surface area contributed by atoms with Gasteiger partial charge in [0.2, 0.25) is 5.91 Å². The van der Waals surface area contributed by atoms with Gasteiger partial charge in [0.15, 0.2) is 5.82 Å². The summed E-state index contributed by atoms with van der Waals surface area (Å²) >= 11 is 0. The van der Waals surface area contributed by atoms with Crippen LogP contribution in [0.5, 0.6) is 0 Å². The maximum atomic E-state index is 11.4. The number of nitrogens with zero attached hydrogens (tertiary/aromatic N) is 3. The van der Waals surface area contributed by atoms with Crippen LogP contribution in [0.4, 0.5) is 0 Å². The van der Waals surface area contributed by atoms with Gasteiger partial charge in [0.05, 0.1) is 6.54 Å². The summed E-state index contributed by atoms with van der Waals surface area (Å²) in [6.45, 7) is 0.737. The molecule has 0 aliphatic heterocycles. The molecule has 2 rings (SSSR count). The number of likely N-dealkylation sites (N-methyl/N-ethyl adjacent to an activating group) is 1. The quantitative estimate of drug-likeness (QED) is 0.838. The van der Waals surface area contributed by atoms with Crippen molar-refractivity contribution in [3.8, 4) is 5.82 Å². The molecule has 0 radical (unpaired) electrons. The number of carbonyl (C=O) groups is 1. The van der Waals surface area contributed by atoms with Crippen molar-refractivity contribution in [2.75, 3.05) is 13.6 Å². The molecule has 0 bridgehead atoms. The lowest BCUT2D eigenvalue weighted by atomic mass is 10.2. The highest BCUT2D eigenvalue weighted by atomic mass is 35.5. The Morgan fingerprint density at radius 3 is 2.89 bits per heavy atom. The summed E-state index contributed by atoms with van der Waals surface area (Å²) in [5.74, 6) is 0.681. The maximum Gasteiger partial charge on any atom is 0.234 e. The summed E-state index contributed by atoms with van der Waals surface area (Å²) in [5.41, 5.74) is 0.922. The first kappa shape index (κ1) is 15.1. The number of hydrogen-bond acceptors (Lipinski definition) is 4.